The number of rotatable bonds is 3. The molecule has 1 N–H and O–H groups in total. The maximum absolute atomic E-state index is 13.1. The molecule has 0 atom stereocenters. The summed E-state index contributed by atoms with van der Waals surface area (Å²) in [6.07, 6.45) is -0.562. The quantitative estimate of drug-likeness (QED) is 0.611. The number of nitro groups is 1. The fourth-order valence-electron chi connectivity index (χ4n) is 1.18. The van der Waals surface area contributed by atoms with Crippen LogP contribution in [0.2, 0.25) is 0 Å². The van der Waals surface area contributed by atoms with Gasteiger partial charge in [-0.3, -0.25) is 14.9 Å². The van der Waals surface area contributed by atoms with Gasteiger partial charge in [0.25, 0.3) is 5.69 Å². The molecule has 0 amide bonds. The molecule has 0 aliphatic heterocycles. The summed E-state index contributed by atoms with van der Waals surface area (Å²) in [5.74, 6) is -1.88. The van der Waals surface area contributed by atoms with Crippen LogP contribution in [0.4, 0.5) is 10.1 Å². The van der Waals surface area contributed by atoms with Crippen molar-refractivity contribution in [1.82, 2.24) is 0 Å². The summed E-state index contributed by atoms with van der Waals surface area (Å²) in [6, 6.07) is 1.93. The highest BCUT2D eigenvalue weighted by Gasteiger charge is 2.18. The lowest BCUT2D eigenvalue weighted by molar-refractivity contribution is -0.385. The van der Waals surface area contributed by atoms with Gasteiger partial charge in [-0.05, 0) is 18.6 Å². The topological polar surface area (TPSA) is 80.4 Å². The van der Waals surface area contributed by atoms with Gasteiger partial charge in [-0.2, -0.15) is 0 Å². The van der Waals surface area contributed by atoms with E-state index in [1.54, 1.807) is 0 Å². The Morgan fingerprint density at radius 3 is 2.67 bits per heavy atom. The Labute approximate surface area is 84.3 Å². The summed E-state index contributed by atoms with van der Waals surface area (Å²) < 4.78 is 13.1. The third kappa shape index (κ3) is 2.49. The van der Waals surface area contributed by atoms with E-state index < -0.39 is 23.1 Å². The number of carboxylic acids is 1. The minimum absolute atomic E-state index is 0.121. The molecule has 0 saturated carbocycles. The van der Waals surface area contributed by atoms with Gasteiger partial charge in [-0.25, -0.2) is 4.39 Å². The summed E-state index contributed by atoms with van der Waals surface area (Å²) in [5, 5.41) is 19.0. The fourth-order valence-corrected chi connectivity index (χ4v) is 1.18. The smallest absolute Gasteiger partial charge is 0.308 e. The summed E-state index contributed by atoms with van der Waals surface area (Å²) in [5.41, 5.74) is -0.372. The second-order valence-corrected chi connectivity index (χ2v) is 3.06. The molecule has 0 heterocycles. The van der Waals surface area contributed by atoms with Crippen LogP contribution in [0, 0.1) is 22.9 Å². The standard InChI is InChI=1S/C9H8FNO4/c1-5-2-8(11(14)15)6(3-7(5)10)4-9(12)13/h2-3H,4H2,1H3,(H,12,13). The molecule has 0 aromatic heterocycles. The summed E-state index contributed by atoms with van der Waals surface area (Å²) in [4.78, 5) is 20.2. The molecule has 0 saturated heterocycles. The zero-order valence-corrected chi connectivity index (χ0v) is 7.86. The zero-order valence-electron chi connectivity index (χ0n) is 7.86. The van der Waals surface area contributed by atoms with E-state index in [1.807, 2.05) is 0 Å². The number of aryl methyl sites for hydroxylation is 1. The van der Waals surface area contributed by atoms with Gasteiger partial charge in [-0.15, -0.1) is 0 Å². The monoisotopic (exact) mass is 213 g/mol. The van der Waals surface area contributed by atoms with Gasteiger partial charge in [-0.1, -0.05) is 0 Å². The molecule has 1 rings (SSSR count). The van der Waals surface area contributed by atoms with E-state index >= 15 is 0 Å². The molecule has 0 fully saturated rings. The van der Waals surface area contributed by atoms with E-state index in [2.05, 4.69) is 0 Å². The summed E-state index contributed by atoms with van der Waals surface area (Å²) >= 11 is 0. The minimum atomic E-state index is -1.23. The number of carboxylic acid groups (broad SMARTS) is 1. The first-order valence-corrected chi connectivity index (χ1v) is 4.07. The molecule has 80 valence electrons. The van der Waals surface area contributed by atoms with E-state index in [0.29, 0.717) is 0 Å². The van der Waals surface area contributed by atoms with Crippen molar-refractivity contribution in [3.8, 4) is 0 Å². The van der Waals surface area contributed by atoms with Crippen molar-refractivity contribution in [2.24, 2.45) is 0 Å². The first-order valence-electron chi connectivity index (χ1n) is 4.07. The van der Waals surface area contributed by atoms with Crippen molar-refractivity contribution in [2.45, 2.75) is 13.3 Å². The van der Waals surface area contributed by atoms with Crippen molar-refractivity contribution in [3.05, 3.63) is 39.2 Å². The van der Waals surface area contributed by atoms with Crippen molar-refractivity contribution >= 4 is 11.7 Å². The number of nitro benzene ring substituents is 1. The first-order chi connectivity index (χ1) is 6.91. The Bertz CT molecular complexity index is 430. The molecular formula is C9H8FNO4. The maximum atomic E-state index is 13.1. The summed E-state index contributed by atoms with van der Waals surface area (Å²) in [6.45, 7) is 1.38. The number of halogens is 1. The van der Waals surface area contributed by atoms with E-state index in [0.717, 1.165) is 12.1 Å². The molecular weight excluding hydrogens is 205 g/mol. The molecule has 0 radical (unpaired) electrons. The molecule has 1 aromatic rings. The lowest BCUT2D eigenvalue weighted by Gasteiger charge is -2.02. The average molecular weight is 213 g/mol. The van der Waals surface area contributed by atoms with Crippen LogP contribution in [0.15, 0.2) is 12.1 Å². The number of hydrogen-bond acceptors (Lipinski definition) is 3. The highest BCUT2D eigenvalue weighted by atomic mass is 19.1. The van der Waals surface area contributed by atoms with Gasteiger partial charge >= 0.3 is 5.97 Å². The van der Waals surface area contributed by atoms with Gasteiger partial charge in [0, 0.05) is 11.6 Å². The van der Waals surface area contributed by atoms with Gasteiger partial charge in [0.15, 0.2) is 0 Å². The number of aliphatic carboxylic acids is 1. The van der Waals surface area contributed by atoms with Gasteiger partial charge in [0.05, 0.1) is 11.3 Å². The van der Waals surface area contributed by atoms with Crippen LogP contribution in [0.3, 0.4) is 0 Å². The Morgan fingerprint density at radius 2 is 2.20 bits per heavy atom. The van der Waals surface area contributed by atoms with Crippen molar-refractivity contribution in [1.29, 1.82) is 0 Å². The Hall–Kier alpha value is -1.98. The van der Waals surface area contributed by atoms with Crippen LogP contribution in [0.5, 0.6) is 0 Å². The largest absolute Gasteiger partial charge is 0.481 e. The molecule has 0 spiro atoms. The SMILES string of the molecule is Cc1cc([N+](=O)[O-])c(CC(=O)O)cc1F. The third-order valence-corrected chi connectivity index (χ3v) is 1.90. The number of nitrogens with zero attached hydrogens (tertiary/aromatic N) is 1. The first kappa shape index (κ1) is 11.1. The second kappa shape index (κ2) is 4.04. The van der Waals surface area contributed by atoms with E-state index in [-0.39, 0.29) is 16.8 Å². The molecule has 1 aromatic carbocycles. The van der Waals surface area contributed by atoms with Crippen LogP contribution >= 0.6 is 0 Å². The molecule has 5 nitrogen and oxygen atoms in total. The summed E-state index contributed by atoms with van der Waals surface area (Å²) in [7, 11) is 0. The molecule has 0 aliphatic carbocycles. The third-order valence-electron chi connectivity index (χ3n) is 1.90. The van der Waals surface area contributed by atoms with Crippen LogP contribution in [0.25, 0.3) is 0 Å². The predicted octanol–water partition coefficient (Wildman–Crippen LogP) is 1.67. The number of hydrogen-bond donors (Lipinski definition) is 1. The van der Waals surface area contributed by atoms with Gasteiger partial charge in [0.2, 0.25) is 0 Å². The van der Waals surface area contributed by atoms with Gasteiger partial charge < -0.3 is 5.11 Å². The van der Waals surface area contributed by atoms with Crippen molar-refractivity contribution in [3.63, 3.8) is 0 Å². The molecule has 6 heteroatoms. The lowest BCUT2D eigenvalue weighted by atomic mass is 10.1. The van der Waals surface area contributed by atoms with E-state index in [1.165, 1.54) is 6.92 Å². The van der Waals surface area contributed by atoms with Crippen molar-refractivity contribution < 1.29 is 19.2 Å². The van der Waals surface area contributed by atoms with E-state index in [9.17, 15) is 19.3 Å². The van der Waals surface area contributed by atoms with Crippen LogP contribution in [0.1, 0.15) is 11.1 Å². The highest BCUT2D eigenvalue weighted by molar-refractivity contribution is 5.72. The van der Waals surface area contributed by atoms with Crippen molar-refractivity contribution in [2.75, 3.05) is 0 Å². The van der Waals surface area contributed by atoms with Crippen LogP contribution < -0.4 is 0 Å². The normalized spacial score (nSPS) is 10.0. The fraction of sp³-hybridized carbons (Fsp3) is 0.222. The Kier molecular flexibility index (Phi) is 2.99. The Balaban J connectivity index is 3.28. The number of carbonyl (C=O) groups is 1. The second-order valence-electron chi connectivity index (χ2n) is 3.06. The van der Waals surface area contributed by atoms with Crippen LogP contribution in [-0.4, -0.2) is 16.0 Å². The number of benzene rings is 1. The average Bonchev–Trinajstić information content (AvgIpc) is 2.09. The molecule has 0 aliphatic rings. The van der Waals surface area contributed by atoms with Gasteiger partial charge in [0.1, 0.15) is 5.82 Å². The van der Waals surface area contributed by atoms with E-state index in [4.69, 9.17) is 5.11 Å². The molecule has 15 heavy (non-hydrogen) atoms. The lowest BCUT2D eigenvalue weighted by Crippen LogP contribution is -2.05. The highest BCUT2D eigenvalue weighted by Crippen LogP contribution is 2.23. The molecule has 0 unspecified atom stereocenters. The minimum Gasteiger partial charge on any atom is -0.481 e. The Morgan fingerprint density at radius 1 is 1.60 bits per heavy atom. The zero-order chi connectivity index (χ0) is 11.6. The van der Waals surface area contributed by atoms with Crippen LogP contribution in [-0.2, 0) is 11.2 Å². The maximum Gasteiger partial charge on any atom is 0.308 e. The molecule has 0 bridgehead atoms. The predicted molar refractivity (Wildman–Crippen MR) is 49.1 cm³/mol.